The van der Waals surface area contributed by atoms with Crippen LogP contribution in [0, 0.1) is 5.82 Å². The van der Waals surface area contributed by atoms with Gasteiger partial charge in [0, 0.05) is 35.7 Å². The van der Waals surface area contributed by atoms with Crippen LogP contribution in [0.1, 0.15) is 23.5 Å². The van der Waals surface area contributed by atoms with E-state index in [1.54, 1.807) is 7.05 Å². The van der Waals surface area contributed by atoms with E-state index >= 15 is 0 Å². The summed E-state index contributed by atoms with van der Waals surface area (Å²) in [7, 11) is 1.80. The number of phenolic OH excluding ortho intramolecular Hbond substituents is 2. The zero-order valence-electron chi connectivity index (χ0n) is 19.8. The molecule has 0 unspecified atom stereocenters. The Morgan fingerprint density at radius 3 is 2.21 bits per heavy atom. The van der Waals surface area contributed by atoms with Crippen molar-refractivity contribution in [3.05, 3.63) is 57.5 Å². The van der Waals surface area contributed by atoms with E-state index in [-0.39, 0.29) is 34.4 Å². The molecule has 0 radical (unpaired) electrons. The van der Waals surface area contributed by atoms with Crippen molar-refractivity contribution in [1.29, 1.82) is 0 Å². The van der Waals surface area contributed by atoms with Crippen LogP contribution in [0.3, 0.4) is 0 Å². The van der Waals surface area contributed by atoms with Crippen molar-refractivity contribution in [2.45, 2.75) is 30.8 Å². The average Bonchev–Trinajstić information content (AvgIpc) is 2.79. The van der Waals surface area contributed by atoms with E-state index in [9.17, 15) is 50.8 Å². The first kappa shape index (κ1) is 29.7. The summed E-state index contributed by atoms with van der Waals surface area (Å²) in [6, 6.07) is 4.03. The SMILES string of the molecule is CN1CC[C@H](c2c(O)cc(O)c3c(=O)cc(-c4ccc(F)c(C(F)(F)F)c4)oc23)[C@H](O)C1.O=C(O)C(F)(F)F. The molecule has 0 saturated carbocycles. The van der Waals surface area contributed by atoms with Gasteiger partial charge in [-0.2, -0.15) is 26.3 Å². The molecule has 8 nitrogen and oxygen atoms in total. The molecule has 0 aliphatic carbocycles. The third-order valence-corrected chi connectivity index (χ3v) is 5.95. The summed E-state index contributed by atoms with van der Waals surface area (Å²) < 4.78 is 90.6. The van der Waals surface area contributed by atoms with Gasteiger partial charge in [0.05, 0.1) is 11.7 Å². The fourth-order valence-corrected chi connectivity index (χ4v) is 4.14. The predicted octanol–water partition coefficient (Wildman–Crippen LogP) is 4.44. The van der Waals surface area contributed by atoms with Crippen LogP contribution in [0.2, 0.25) is 0 Å². The van der Waals surface area contributed by atoms with Crippen molar-refractivity contribution in [3.8, 4) is 22.8 Å². The first-order chi connectivity index (χ1) is 17.9. The van der Waals surface area contributed by atoms with Crippen LogP contribution in [-0.4, -0.2) is 63.7 Å². The zero-order valence-corrected chi connectivity index (χ0v) is 19.8. The third-order valence-electron chi connectivity index (χ3n) is 5.95. The average molecular weight is 567 g/mol. The van der Waals surface area contributed by atoms with E-state index in [0.717, 1.165) is 18.2 Å². The molecule has 2 atom stereocenters. The molecule has 4 rings (SSSR count). The number of hydrogen-bond donors (Lipinski definition) is 4. The summed E-state index contributed by atoms with van der Waals surface area (Å²) in [4.78, 5) is 23.5. The number of aliphatic hydroxyl groups is 1. The lowest BCUT2D eigenvalue weighted by atomic mass is 9.85. The number of carboxylic acid groups (broad SMARTS) is 1. The molecule has 1 aliphatic heterocycles. The summed E-state index contributed by atoms with van der Waals surface area (Å²) >= 11 is 0. The molecule has 212 valence electrons. The van der Waals surface area contributed by atoms with Crippen molar-refractivity contribution < 1.29 is 60.4 Å². The molecule has 4 N–H and O–H groups in total. The number of likely N-dealkylation sites (N-methyl/N-ethyl adjacent to an activating group) is 1. The second-order valence-corrected chi connectivity index (χ2v) is 8.73. The number of fused-ring (bicyclic) bond motifs is 1. The molecule has 1 aromatic heterocycles. The van der Waals surface area contributed by atoms with Crippen LogP contribution >= 0.6 is 0 Å². The number of benzene rings is 2. The third kappa shape index (κ3) is 6.42. The minimum Gasteiger partial charge on any atom is -0.507 e. The maximum Gasteiger partial charge on any atom is 0.490 e. The Morgan fingerprint density at radius 2 is 1.67 bits per heavy atom. The highest BCUT2D eigenvalue weighted by molar-refractivity contribution is 5.89. The summed E-state index contributed by atoms with van der Waals surface area (Å²) in [6.07, 6.45) is -10.6. The van der Waals surface area contributed by atoms with Gasteiger partial charge in [-0.25, -0.2) is 9.18 Å². The number of hydrogen-bond acceptors (Lipinski definition) is 7. The number of aliphatic hydroxyl groups excluding tert-OH is 1. The molecule has 2 heterocycles. The lowest BCUT2D eigenvalue weighted by molar-refractivity contribution is -0.192. The molecule has 15 heteroatoms. The van der Waals surface area contributed by atoms with Crippen LogP contribution in [-0.2, 0) is 11.0 Å². The standard InChI is InChI=1S/C22H19F4NO5.C2HF3O2/c1-27-5-4-11(17(31)9-27)19-14(28)7-15(29)20-16(30)8-18(32-21(19)20)10-2-3-13(23)12(6-10)22(24,25)26;3-2(4,5)1(6)7/h2-3,6-8,11,17,28-29,31H,4-5,9H2,1H3;(H,6,7)/t11-,17+;/m0./s1. The number of aliphatic carboxylic acids is 1. The summed E-state index contributed by atoms with van der Waals surface area (Å²) in [5.41, 5.74) is -2.66. The largest absolute Gasteiger partial charge is 0.507 e. The number of piperidine rings is 1. The smallest absolute Gasteiger partial charge is 0.490 e. The van der Waals surface area contributed by atoms with Crippen molar-refractivity contribution in [1.82, 2.24) is 4.90 Å². The fraction of sp³-hybridized carbons (Fsp3) is 0.333. The Hall–Kier alpha value is -3.85. The Kier molecular flexibility index (Phi) is 8.17. The summed E-state index contributed by atoms with van der Waals surface area (Å²) in [6.45, 7) is 0.851. The van der Waals surface area contributed by atoms with Gasteiger partial charge in [0.15, 0.2) is 5.43 Å². The Bertz CT molecular complexity index is 1450. The van der Waals surface area contributed by atoms with E-state index in [2.05, 4.69) is 0 Å². The lowest BCUT2D eigenvalue weighted by Crippen LogP contribution is -2.40. The number of nitrogens with zero attached hydrogens (tertiary/aromatic N) is 1. The summed E-state index contributed by atoms with van der Waals surface area (Å²) in [5.74, 6) is -6.17. The number of halogens is 7. The van der Waals surface area contributed by atoms with Gasteiger partial charge in [0.1, 0.15) is 34.0 Å². The molecule has 3 aromatic rings. The quantitative estimate of drug-likeness (QED) is 0.335. The van der Waals surface area contributed by atoms with Crippen LogP contribution in [0.4, 0.5) is 30.7 Å². The Labute approximate surface area is 214 Å². The van der Waals surface area contributed by atoms with E-state index < -0.39 is 58.7 Å². The monoisotopic (exact) mass is 567 g/mol. The number of alkyl halides is 6. The number of rotatable bonds is 2. The van der Waals surface area contributed by atoms with Crippen molar-refractivity contribution in [2.24, 2.45) is 0 Å². The minimum atomic E-state index is -5.08. The fourth-order valence-electron chi connectivity index (χ4n) is 4.14. The van der Waals surface area contributed by atoms with Crippen LogP contribution in [0.25, 0.3) is 22.3 Å². The van der Waals surface area contributed by atoms with Crippen LogP contribution in [0.5, 0.6) is 11.5 Å². The highest BCUT2D eigenvalue weighted by atomic mass is 19.4. The van der Waals surface area contributed by atoms with Gasteiger partial charge in [0.2, 0.25) is 0 Å². The summed E-state index contributed by atoms with van der Waals surface area (Å²) in [5, 5.41) is 38.2. The maximum absolute atomic E-state index is 13.7. The number of carboxylic acids is 1. The van der Waals surface area contributed by atoms with Gasteiger partial charge >= 0.3 is 18.3 Å². The predicted molar refractivity (Wildman–Crippen MR) is 121 cm³/mol. The molecule has 0 spiro atoms. The Balaban J connectivity index is 0.000000532. The lowest BCUT2D eigenvalue weighted by Gasteiger charge is -2.34. The van der Waals surface area contributed by atoms with Gasteiger partial charge in [-0.1, -0.05) is 0 Å². The van der Waals surface area contributed by atoms with E-state index in [1.165, 1.54) is 0 Å². The molecule has 2 aromatic carbocycles. The molecule has 1 fully saturated rings. The normalized spacial score (nSPS) is 18.5. The van der Waals surface area contributed by atoms with Gasteiger partial charge in [-0.3, -0.25) is 4.79 Å². The number of aromatic hydroxyl groups is 2. The number of likely N-dealkylation sites (tertiary alicyclic amines) is 1. The zero-order chi connectivity index (χ0) is 29.4. The van der Waals surface area contributed by atoms with Crippen molar-refractivity contribution in [2.75, 3.05) is 20.1 Å². The molecule has 39 heavy (non-hydrogen) atoms. The molecule has 0 amide bonds. The van der Waals surface area contributed by atoms with Gasteiger partial charge < -0.3 is 29.7 Å². The van der Waals surface area contributed by atoms with Gasteiger partial charge in [0.25, 0.3) is 0 Å². The van der Waals surface area contributed by atoms with Crippen LogP contribution in [0.15, 0.2) is 39.5 Å². The topological polar surface area (TPSA) is 131 Å². The molecule has 0 bridgehead atoms. The minimum absolute atomic E-state index is 0.0792. The highest BCUT2D eigenvalue weighted by Gasteiger charge is 2.38. The van der Waals surface area contributed by atoms with Crippen molar-refractivity contribution >= 4 is 16.9 Å². The number of phenols is 2. The highest BCUT2D eigenvalue weighted by Crippen LogP contribution is 2.43. The number of β-amino-alcohol motifs (C(OH)–C–C–N with tert-alkyl or cyclic N) is 1. The van der Waals surface area contributed by atoms with Gasteiger partial charge in [-0.05, 0) is 38.2 Å². The Morgan fingerprint density at radius 1 is 1.05 bits per heavy atom. The first-order valence-corrected chi connectivity index (χ1v) is 11.0. The van der Waals surface area contributed by atoms with E-state index in [4.69, 9.17) is 14.3 Å². The number of carbonyl (C=O) groups is 1. The van der Waals surface area contributed by atoms with Gasteiger partial charge in [-0.15, -0.1) is 0 Å². The maximum atomic E-state index is 13.7. The second kappa shape index (κ2) is 10.7. The molecular formula is C24H20F7NO7. The molecule has 1 saturated heterocycles. The first-order valence-electron chi connectivity index (χ1n) is 11.0. The van der Waals surface area contributed by atoms with Crippen molar-refractivity contribution in [3.63, 3.8) is 0 Å². The molecule has 1 aliphatic rings. The van der Waals surface area contributed by atoms with E-state index in [0.29, 0.717) is 25.1 Å². The molecular weight excluding hydrogens is 547 g/mol. The van der Waals surface area contributed by atoms with E-state index in [1.807, 2.05) is 4.90 Å². The van der Waals surface area contributed by atoms with Crippen LogP contribution < -0.4 is 5.43 Å². The second-order valence-electron chi connectivity index (χ2n) is 8.73.